The molecule has 6 heteroatoms. The minimum Gasteiger partial charge on any atom is -0.363 e. The van der Waals surface area contributed by atoms with Crippen LogP contribution in [0.4, 0.5) is 0 Å². The molecule has 116 valence electrons. The second kappa shape index (κ2) is 7.24. The summed E-state index contributed by atoms with van der Waals surface area (Å²) in [6.07, 6.45) is 2.63. The highest BCUT2D eigenvalue weighted by atomic mass is 32.2. The summed E-state index contributed by atoms with van der Waals surface area (Å²) in [6.45, 7) is 9.65. The second-order valence-corrected chi connectivity index (χ2v) is 7.54. The van der Waals surface area contributed by atoms with Gasteiger partial charge >= 0.3 is 0 Å². The van der Waals surface area contributed by atoms with E-state index in [1.54, 1.807) is 19.3 Å². The number of nitrogens with one attached hydrogen (secondary N) is 2. The Kier molecular flexibility index (Phi) is 6.23. The smallest absolute Gasteiger partial charge is 0.244 e. The molecule has 0 radical (unpaired) electrons. The van der Waals surface area contributed by atoms with E-state index in [1.807, 2.05) is 20.8 Å². The quantitative estimate of drug-likeness (QED) is 0.723. The van der Waals surface area contributed by atoms with Crippen LogP contribution >= 0.6 is 0 Å². The Labute approximate surface area is 122 Å². The Morgan fingerprint density at radius 2 is 2.00 bits per heavy atom. The first-order valence-corrected chi connectivity index (χ1v) is 8.60. The summed E-state index contributed by atoms with van der Waals surface area (Å²) in [5.74, 6) is 0.277. The zero-order valence-electron chi connectivity index (χ0n) is 13.1. The first kappa shape index (κ1) is 17.2. The maximum atomic E-state index is 12.5. The Hall–Kier alpha value is -0.850. The van der Waals surface area contributed by atoms with Crippen LogP contribution in [0.2, 0.25) is 0 Å². The van der Waals surface area contributed by atoms with Crippen LogP contribution in [-0.2, 0) is 16.6 Å². The van der Waals surface area contributed by atoms with Gasteiger partial charge in [-0.05, 0) is 31.9 Å². The Bertz CT molecular complexity index is 508. The van der Waals surface area contributed by atoms with Crippen molar-refractivity contribution in [3.8, 4) is 0 Å². The molecule has 0 aliphatic rings. The zero-order valence-corrected chi connectivity index (χ0v) is 13.9. The lowest BCUT2D eigenvalue weighted by atomic mass is 10.1. The van der Waals surface area contributed by atoms with Crippen molar-refractivity contribution >= 4 is 10.0 Å². The Balaban J connectivity index is 2.83. The van der Waals surface area contributed by atoms with Gasteiger partial charge in [-0.1, -0.05) is 20.8 Å². The predicted molar refractivity (Wildman–Crippen MR) is 82.0 cm³/mol. The van der Waals surface area contributed by atoms with E-state index in [1.165, 1.54) is 4.31 Å². The summed E-state index contributed by atoms with van der Waals surface area (Å²) in [5.41, 5.74) is 0.891. The normalized spacial score (nSPS) is 14.2. The van der Waals surface area contributed by atoms with Crippen molar-refractivity contribution in [2.45, 2.75) is 51.6 Å². The summed E-state index contributed by atoms with van der Waals surface area (Å²) in [6, 6.07) is 1.68. The minimum absolute atomic E-state index is 0.0310. The largest absolute Gasteiger partial charge is 0.363 e. The van der Waals surface area contributed by atoms with Crippen molar-refractivity contribution in [2.24, 2.45) is 5.92 Å². The molecule has 1 aromatic heterocycles. The molecule has 1 atom stereocenters. The number of aromatic nitrogens is 1. The first-order valence-electron chi connectivity index (χ1n) is 7.16. The Morgan fingerprint density at radius 1 is 1.35 bits per heavy atom. The van der Waals surface area contributed by atoms with Crippen molar-refractivity contribution < 1.29 is 8.42 Å². The molecule has 0 spiro atoms. The molecule has 1 aromatic rings. The summed E-state index contributed by atoms with van der Waals surface area (Å²) in [5, 5.41) is 3.25. The molecule has 1 rings (SSSR count). The molecule has 2 N–H and O–H groups in total. The van der Waals surface area contributed by atoms with Gasteiger partial charge in [-0.25, -0.2) is 8.42 Å². The number of H-pyrrole nitrogens is 1. The number of hydrogen-bond acceptors (Lipinski definition) is 3. The highest BCUT2D eigenvalue weighted by Crippen LogP contribution is 2.20. The number of sulfonamides is 1. The fourth-order valence-corrected chi connectivity index (χ4v) is 3.39. The average molecular weight is 301 g/mol. The molecule has 0 aliphatic carbocycles. The van der Waals surface area contributed by atoms with Crippen LogP contribution in [-0.4, -0.2) is 37.3 Å². The van der Waals surface area contributed by atoms with Crippen molar-refractivity contribution in [2.75, 3.05) is 13.6 Å². The zero-order chi connectivity index (χ0) is 15.3. The van der Waals surface area contributed by atoms with Crippen LogP contribution in [0, 0.1) is 5.92 Å². The second-order valence-electron chi connectivity index (χ2n) is 5.54. The van der Waals surface area contributed by atoms with E-state index in [0.29, 0.717) is 11.4 Å². The molecule has 5 nitrogen and oxygen atoms in total. The van der Waals surface area contributed by atoms with Gasteiger partial charge < -0.3 is 10.3 Å². The van der Waals surface area contributed by atoms with E-state index >= 15 is 0 Å². The highest BCUT2D eigenvalue weighted by Gasteiger charge is 2.27. The monoisotopic (exact) mass is 301 g/mol. The van der Waals surface area contributed by atoms with E-state index in [9.17, 15) is 8.42 Å². The van der Waals surface area contributed by atoms with E-state index in [2.05, 4.69) is 17.2 Å². The lowest BCUT2D eigenvalue weighted by Gasteiger charge is -2.26. The molecule has 20 heavy (non-hydrogen) atoms. The van der Waals surface area contributed by atoms with Gasteiger partial charge in [0.05, 0.1) is 4.90 Å². The van der Waals surface area contributed by atoms with Gasteiger partial charge in [-0.2, -0.15) is 4.31 Å². The summed E-state index contributed by atoms with van der Waals surface area (Å²) < 4.78 is 26.5. The van der Waals surface area contributed by atoms with Gasteiger partial charge in [0.2, 0.25) is 10.0 Å². The van der Waals surface area contributed by atoms with Gasteiger partial charge in [-0.3, -0.25) is 0 Å². The maximum Gasteiger partial charge on any atom is 0.244 e. The van der Waals surface area contributed by atoms with E-state index < -0.39 is 10.0 Å². The molecule has 0 fully saturated rings. The van der Waals surface area contributed by atoms with Gasteiger partial charge in [0.1, 0.15) is 0 Å². The molecular weight excluding hydrogens is 274 g/mol. The van der Waals surface area contributed by atoms with Crippen molar-refractivity contribution in [1.29, 1.82) is 0 Å². The van der Waals surface area contributed by atoms with E-state index in [-0.39, 0.29) is 12.0 Å². The van der Waals surface area contributed by atoms with Crippen LogP contribution in [0.1, 0.15) is 39.8 Å². The van der Waals surface area contributed by atoms with E-state index in [0.717, 1.165) is 18.7 Å². The fourth-order valence-electron chi connectivity index (χ4n) is 1.87. The standard InChI is InChI=1S/C14H27N3O2S/c1-6-7-15-9-13-8-14(10-16-13)20(18,19)17(5)12(4)11(2)3/h8,10-12,15-16H,6-7,9H2,1-5H3. The fraction of sp³-hybridized carbons (Fsp3) is 0.714. The SMILES string of the molecule is CCCNCc1cc(S(=O)(=O)N(C)C(C)C(C)C)c[nH]1. The van der Waals surface area contributed by atoms with Crippen LogP contribution in [0.25, 0.3) is 0 Å². The molecule has 1 unspecified atom stereocenters. The highest BCUT2D eigenvalue weighted by molar-refractivity contribution is 7.89. The molecule has 0 saturated carbocycles. The third-order valence-corrected chi connectivity index (χ3v) is 5.60. The first-order chi connectivity index (χ1) is 9.30. The van der Waals surface area contributed by atoms with Gasteiger partial charge in [-0.15, -0.1) is 0 Å². The molecule has 0 aromatic carbocycles. The van der Waals surface area contributed by atoms with Crippen LogP contribution in [0.15, 0.2) is 17.2 Å². The molecule has 1 heterocycles. The summed E-state index contributed by atoms with van der Waals surface area (Å²) >= 11 is 0. The number of hydrogen-bond donors (Lipinski definition) is 2. The lowest BCUT2D eigenvalue weighted by molar-refractivity contribution is 0.316. The molecule has 0 aliphatic heterocycles. The van der Waals surface area contributed by atoms with Crippen molar-refractivity contribution in [1.82, 2.24) is 14.6 Å². The minimum atomic E-state index is -3.42. The molecule has 0 amide bonds. The summed E-state index contributed by atoms with van der Waals surface area (Å²) in [4.78, 5) is 3.36. The predicted octanol–water partition coefficient (Wildman–Crippen LogP) is 2.18. The topological polar surface area (TPSA) is 65.2 Å². The number of rotatable bonds is 8. The maximum absolute atomic E-state index is 12.5. The number of nitrogens with zero attached hydrogens (tertiary/aromatic N) is 1. The Morgan fingerprint density at radius 3 is 2.55 bits per heavy atom. The number of aromatic amines is 1. The van der Waals surface area contributed by atoms with Gasteiger partial charge in [0.25, 0.3) is 0 Å². The van der Waals surface area contributed by atoms with Gasteiger partial charge in [0.15, 0.2) is 0 Å². The van der Waals surface area contributed by atoms with Gasteiger partial charge in [0, 0.05) is 31.5 Å². The van der Waals surface area contributed by atoms with Crippen LogP contribution in [0.5, 0.6) is 0 Å². The van der Waals surface area contributed by atoms with Crippen LogP contribution < -0.4 is 5.32 Å². The molecule has 0 bridgehead atoms. The third kappa shape index (κ3) is 4.07. The van der Waals surface area contributed by atoms with Crippen molar-refractivity contribution in [3.63, 3.8) is 0 Å². The van der Waals surface area contributed by atoms with E-state index in [4.69, 9.17) is 0 Å². The van der Waals surface area contributed by atoms with Crippen molar-refractivity contribution in [3.05, 3.63) is 18.0 Å². The third-order valence-electron chi connectivity index (χ3n) is 3.67. The van der Waals surface area contributed by atoms with Crippen LogP contribution in [0.3, 0.4) is 0 Å². The average Bonchev–Trinajstić information content (AvgIpc) is 2.86. The lowest BCUT2D eigenvalue weighted by Crippen LogP contribution is -2.38. The molecule has 0 saturated heterocycles. The molecular formula is C14H27N3O2S. The summed E-state index contributed by atoms with van der Waals surface area (Å²) in [7, 11) is -1.78.